The smallest absolute Gasteiger partial charge is 0.307 e. The maximum absolute atomic E-state index is 13.1. The lowest BCUT2D eigenvalue weighted by atomic mass is 9.96. The third kappa shape index (κ3) is 4.10. The molecule has 0 bridgehead atoms. The van der Waals surface area contributed by atoms with E-state index in [-0.39, 0.29) is 31.2 Å². The van der Waals surface area contributed by atoms with Gasteiger partial charge in [-0.2, -0.15) is 0 Å². The van der Waals surface area contributed by atoms with Crippen LogP contribution >= 0.6 is 0 Å². The molecule has 0 aliphatic heterocycles. The number of esters is 1. The summed E-state index contributed by atoms with van der Waals surface area (Å²) in [6.07, 6.45) is -0.0947. The number of carboxylic acids is 1. The number of fused-ring (bicyclic) bond motifs is 3. The average molecular weight is 404 g/mol. The van der Waals surface area contributed by atoms with Crippen LogP contribution in [0.2, 0.25) is 0 Å². The first-order chi connectivity index (χ1) is 14.5. The molecule has 1 aliphatic rings. The number of halogens is 1. The molecular formula is C25H21FO4. The van der Waals surface area contributed by atoms with Crippen LogP contribution in [0.4, 0.5) is 4.39 Å². The van der Waals surface area contributed by atoms with E-state index in [9.17, 15) is 19.1 Å². The van der Waals surface area contributed by atoms with Gasteiger partial charge in [-0.3, -0.25) is 9.59 Å². The molecule has 152 valence electrons. The highest BCUT2D eigenvalue weighted by Crippen LogP contribution is 2.44. The number of carbonyl (C=O) groups is 2. The molecule has 0 amide bonds. The predicted molar refractivity (Wildman–Crippen MR) is 111 cm³/mol. The molecule has 1 atom stereocenters. The number of aliphatic carboxylic acids is 1. The molecule has 5 heteroatoms. The Balaban J connectivity index is 1.43. The van der Waals surface area contributed by atoms with Gasteiger partial charge < -0.3 is 9.84 Å². The first-order valence-electron chi connectivity index (χ1n) is 9.84. The SMILES string of the molecule is O=C(C[C@H](Cc1ccc(F)cc1)C(=O)O)OCC1c2ccccc2-c2ccccc21. The highest BCUT2D eigenvalue weighted by atomic mass is 19.1. The van der Waals surface area contributed by atoms with Crippen LogP contribution < -0.4 is 0 Å². The second-order valence-corrected chi connectivity index (χ2v) is 7.48. The summed E-state index contributed by atoms with van der Waals surface area (Å²) in [5.74, 6) is -3.01. The predicted octanol–water partition coefficient (Wildman–Crippen LogP) is 4.81. The minimum atomic E-state index is -1.08. The molecule has 30 heavy (non-hydrogen) atoms. The fraction of sp³-hybridized carbons (Fsp3) is 0.200. The van der Waals surface area contributed by atoms with Crippen molar-refractivity contribution in [3.05, 3.63) is 95.3 Å². The zero-order chi connectivity index (χ0) is 21.1. The minimum absolute atomic E-state index is 0.0678. The Morgan fingerprint density at radius 3 is 2.03 bits per heavy atom. The monoisotopic (exact) mass is 404 g/mol. The molecule has 0 heterocycles. The van der Waals surface area contributed by atoms with Crippen LogP contribution in [0.5, 0.6) is 0 Å². The number of carboxylic acid groups (broad SMARTS) is 1. The van der Waals surface area contributed by atoms with Crippen LogP contribution in [0.3, 0.4) is 0 Å². The molecule has 4 rings (SSSR count). The van der Waals surface area contributed by atoms with Gasteiger partial charge in [-0.1, -0.05) is 60.7 Å². The summed E-state index contributed by atoms with van der Waals surface area (Å²) >= 11 is 0. The molecule has 0 saturated carbocycles. The Morgan fingerprint density at radius 2 is 1.47 bits per heavy atom. The van der Waals surface area contributed by atoms with Gasteiger partial charge in [-0.25, -0.2) is 4.39 Å². The summed E-state index contributed by atoms with van der Waals surface area (Å²) in [7, 11) is 0. The second-order valence-electron chi connectivity index (χ2n) is 7.48. The van der Waals surface area contributed by atoms with E-state index in [1.807, 2.05) is 36.4 Å². The second kappa shape index (κ2) is 8.49. The Labute approximate surface area is 173 Å². The number of benzene rings is 3. The van der Waals surface area contributed by atoms with Crippen LogP contribution in [-0.2, 0) is 20.7 Å². The zero-order valence-corrected chi connectivity index (χ0v) is 16.3. The quantitative estimate of drug-likeness (QED) is 0.574. The maximum atomic E-state index is 13.1. The normalized spacial score (nSPS) is 13.4. The van der Waals surface area contributed by atoms with Crippen molar-refractivity contribution >= 4 is 11.9 Å². The summed E-state index contributed by atoms with van der Waals surface area (Å²) in [4.78, 5) is 24.0. The highest BCUT2D eigenvalue weighted by Gasteiger charge is 2.30. The van der Waals surface area contributed by atoms with E-state index in [4.69, 9.17) is 4.74 Å². The first kappa shape index (κ1) is 19.8. The minimum Gasteiger partial charge on any atom is -0.481 e. The lowest BCUT2D eigenvalue weighted by Crippen LogP contribution is -2.22. The number of ether oxygens (including phenoxy) is 1. The van der Waals surface area contributed by atoms with Crippen molar-refractivity contribution in [2.75, 3.05) is 6.61 Å². The lowest BCUT2D eigenvalue weighted by molar-refractivity contribution is -0.151. The van der Waals surface area contributed by atoms with Crippen LogP contribution in [0.25, 0.3) is 11.1 Å². The fourth-order valence-corrected chi connectivity index (χ4v) is 4.03. The molecule has 0 spiro atoms. The van der Waals surface area contributed by atoms with Crippen molar-refractivity contribution < 1.29 is 23.8 Å². The van der Waals surface area contributed by atoms with Crippen LogP contribution in [0.1, 0.15) is 29.0 Å². The van der Waals surface area contributed by atoms with Gasteiger partial charge in [-0.15, -0.1) is 0 Å². The first-order valence-corrected chi connectivity index (χ1v) is 9.84. The molecule has 0 radical (unpaired) electrons. The maximum Gasteiger partial charge on any atom is 0.307 e. The summed E-state index contributed by atoms with van der Waals surface area (Å²) < 4.78 is 18.6. The lowest BCUT2D eigenvalue weighted by Gasteiger charge is -2.16. The van der Waals surface area contributed by atoms with E-state index >= 15 is 0 Å². The molecule has 0 fully saturated rings. The van der Waals surface area contributed by atoms with E-state index in [2.05, 4.69) is 12.1 Å². The number of rotatable bonds is 7. The standard InChI is InChI=1S/C25H21FO4/c26-18-11-9-16(10-12-18)13-17(25(28)29)14-24(27)30-15-23-21-7-3-1-5-19(21)20-6-2-4-8-22(20)23/h1-12,17,23H,13-15H2,(H,28,29)/t17-/m0/s1. The van der Waals surface area contributed by atoms with Gasteiger partial charge in [0.25, 0.3) is 0 Å². The summed E-state index contributed by atoms with van der Waals surface area (Å²) in [5.41, 5.74) is 5.14. The third-order valence-corrected chi connectivity index (χ3v) is 5.53. The number of carbonyl (C=O) groups excluding carboxylic acids is 1. The van der Waals surface area contributed by atoms with Crippen LogP contribution in [0, 0.1) is 11.7 Å². The average Bonchev–Trinajstić information content (AvgIpc) is 3.07. The number of hydrogen-bond acceptors (Lipinski definition) is 3. The van der Waals surface area contributed by atoms with Crippen molar-refractivity contribution in [3.8, 4) is 11.1 Å². The van der Waals surface area contributed by atoms with Gasteiger partial charge >= 0.3 is 11.9 Å². The van der Waals surface area contributed by atoms with Gasteiger partial charge in [0.2, 0.25) is 0 Å². The van der Waals surface area contributed by atoms with Crippen molar-refractivity contribution in [2.24, 2.45) is 5.92 Å². The van der Waals surface area contributed by atoms with Gasteiger partial charge in [0.05, 0.1) is 12.3 Å². The van der Waals surface area contributed by atoms with Crippen molar-refractivity contribution in [3.63, 3.8) is 0 Å². The molecule has 3 aromatic rings. The third-order valence-electron chi connectivity index (χ3n) is 5.53. The van der Waals surface area contributed by atoms with Crippen molar-refractivity contribution in [2.45, 2.75) is 18.8 Å². The fourth-order valence-electron chi connectivity index (χ4n) is 4.03. The molecule has 3 aromatic carbocycles. The zero-order valence-electron chi connectivity index (χ0n) is 16.3. The van der Waals surface area contributed by atoms with E-state index in [1.165, 1.54) is 24.3 Å². The molecule has 4 nitrogen and oxygen atoms in total. The Morgan fingerprint density at radius 1 is 0.900 bits per heavy atom. The number of hydrogen-bond donors (Lipinski definition) is 1. The molecule has 0 unspecified atom stereocenters. The van der Waals surface area contributed by atoms with Gasteiger partial charge in [0.1, 0.15) is 12.4 Å². The molecular weight excluding hydrogens is 383 g/mol. The summed E-state index contributed by atoms with van der Waals surface area (Å²) in [5, 5.41) is 9.50. The highest BCUT2D eigenvalue weighted by molar-refractivity contribution is 5.80. The van der Waals surface area contributed by atoms with Gasteiger partial charge in [0, 0.05) is 5.92 Å². The Bertz CT molecular complexity index is 1030. The van der Waals surface area contributed by atoms with Crippen LogP contribution in [-0.4, -0.2) is 23.7 Å². The van der Waals surface area contributed by atoms with Gasteiger partial charge in [-0.05, 0) is 46.4 Å². The largest absolute Gasteiger partial charge is 0.481 e. The van der Waals surface area contributed by atoms with Gasteiger partial charge in [0.15, 0.2) is 0 Å². The van der Waals surface area contributed by atoms with Crippen molar-refractivity contribution in [1.82, 2.24) is 0 Å². The van der Waals surface area contributed by atoms with E-state index in [0.29, 0.717) is 5.56 Å². The molecule has 1 aliphatic carbocycles. The van der Waals surface area contributed by atoms with E-state index in [1.54, 1.807) is 0 Å². The molecule has 1 N–H and O–H groups in total. The van der Waals surface area contributed by atoms with Crippen molar-refractivity contribution in [1.29, 1.82) is 0 Å². The Hall–Kier alpha value is -3.47. The summed E-state index contributed by atoms with van der Waals surface area (Å²) in [6, 6.07) is 21.7. The van der Waals surface area contributed by atoms with E-state index in [0.717, 1.165) is 22.3 Å². The molecule has 0 aromatic heterocycles. The van der Waals surface area contributed by atoms with Crippen LogP contribution in [0.15, 0.2) is 72.8 Å². The Kier molecular flexibility index (Phi) is 5.61. The topological polar surface area (TPSA) is 63.6 Å². The van der Waals surface area contributed by atoms with E-state index < -0.39 is 17.9 Å². The summed E-state index contributed by atoms with van der Waals surface area (Å²) in [6.45, 7) is 0.162. The molecule has 0 saturated heterocycles.